The number of aromatic nitrogens is 4. The molecule has 2 aliphatic rings. The summed E-state index contributed by atoms with van der Waals surface area (Å²) in [5.74, 6) is 1.07. The zero-order chi connectivity index (χ0) is 39.2. The fourth-order valence-corrected chi connectivity index (χ4v) is 7.78. The number of methoxy groups -OCH3 is 2. The zero-order valence-electron chi connectivity index (χ0n) is 32.7. The fourth-order valence-electron chi connectivity index (χ4n) is 7.78. The molecule has 2 aromatic heterocycles. The largest absolute Gasteiger partial charge is 0.453 e. The van der Waals surface area contributed by atoms with Gasteiger partial charge in [-0.1, -0.05) is 58.0 Å². The van der Waals surface area contributed by atoms with Gasteiger partial charge in [0, 0.05) is 13.1 Å². The molecule has 2 aliphatic heterocycles. The highest BCUT2D eigenvalue weighted by atomic mass is 16.5. The van der Waals surface area contributed by atoms with Crippen molar-refractivity contribution < 1.29 is 28.7 Å². The molecule has 2 aromatic carbocycles. The minimum atomic E-state index is -0.675. The van der Waals surface area contributed by atoms with Gasteiger partial charge in [0.2, 0.25) is 11.8 Å². The van der Waals surface area contributed by atoms with E-state index >= 15 is 0 Å². The number of rotatable bonds is 13. The summed E-state index contributed by atoms with van der Waals surface area (Å²) in [6.45, 7) is 8.85. The van der Waals surface area contributed by atoms with Gasteiger partial charge < -0.3 is 39.9 Å². The summed E-state index contributed by atoms with van der Waals surface area (Å²) in [6.07, 6.45) is 6.72. The third-order valence-electron chi connectivity index (χ3n) is 10.8. The molecule has 0 bridgehead atoms. The lowest BCUT2D eigenvalue weighted by Crippen LogP contribution is -2.51. The second kappa shape index (κ2) is 17.4. The Labute approximate surface area is 322 Å². The normalized spacial score (nSPS) is 18.2. The average molecular weight is 755 g/mol. The van der Waals surface area contributed by atoms with Crippen LogP contribution in [-0.2, 0) is 31.9 Å². The van der Waals surface area contributed by atoms with Gasteiger partial charge in [-0.3, -0.25) is 9.59 Å². The molecule has 14 nitrogen and oxygen atoms in total. The number of hydrogen-bond acceptors (Lipinski definition) is 8. The summed E-state index contributed by atoms with van der Waals surface area (Å²) in [5, 5.41) is 5.40. The molecule has 4 aromatic rings. The maximum atomic E-state index is 13.6. The molecule has 4 heterocycles. The van der Waals surface area contributed by atoms with Crippen molar-refractivity contribution in [2.45, 2.75) is 96.8 Å². The zero-order valence-corrected chi connectivity index (χ0v) is 32.7. The minimum Gasteiger partial charge on any atom is -0.453 e. The number of alkyl carbamates (subject to hydrolysis) is 2. The number of hydrogen-bond donors (Lipinski definition) is 4. The van der Waals surface area contributed by atoms with Gasteiger partial charge in [0.25, 0.3) is 0 Å². The Kier molecular flexibility index (Phi) is 12.4. The van der Waals surface area contributed by atoms with Crippen LogP contribution in [0.5, 0.6) is 0 Å². The van der Waals surface area contributed by atoms with Crippen LogP contribution in [-0.4, -0.2) is 93.1 Å². The van der Waals surface area contributed by atoms with E-state index < -0.39 is 24.3 Å². The third kappa shape index (κ3) is 8.95. The molecule has 0 radical (unpaired) electrons. The number of carbonyl (C=O) groups excluding carboxylic acids is 4. The molecule has 14 heteroatoms. The number of likely N-dealkylation sites (tertiary alicyclic amines) is 2. The van der Waals surface area contributed by atoms with Crippen molar-refractivity contribution in [2.24, 2.45) is 11.8 Å². The maximum absolute atomic E-state index is 13.6. The van der Waals surface area contributed by atoms with Crippen LogP contribution in [0.1, 0.15) is 94.7 Å². The molecule has 55 heavy (non-hydrogen) atoms. The second-order valence-corrected chi connectivity index (χ2v) is 15.3. The number of imidazole rings is 2. The Morgan fingerprint density at radius 2 is 1.31 bits per heavy atom. The van der Waals surface area contributed by atoms with Crippen molar-refractivity contribution in [3.8, 4) is 11.3 Å². The van der Waals surface area contributed by atoms with E-state index in [0.29, 0.717) is 13.1 Å². The number of aromatic amines is 2. The standard InChI is InChI=1S/C41H54N8O6/c1-24(2)34(46-40(52)54-5)38(50)48-20-8-12-32(48)36-42-23-31(45-36)28-17-14-26(15-18-28)10-7-11-27-16-19-29-30(22-27)44-37(43-29)33-13-9-21-49(33)39(51)35(25(3)4)47-41(53)55-6/h14-19,22-25,32-35H,7-13,20-21H2,1-6H3,(H,42,45)(H,43,44)(H,46,52)(H,47,53)/t32-,33-,34-,35-/m0/s1. The molecular formula is C41H54N8O6. The molecule has 0 aliphatic carbocycles. The average Bonchev–Trinajstić information content (AvgIpc) is 4.01. The minimum absolute atomic E-state index is 0.0924. The highest BCUT2D eigenvalue weighted by Crippen LogP contribution is 2.34. The highest BCUT2D eigenvalue weighted by molar-refractivity contribution is 5.87. The van der Waals surface area contributed by atoms with Crippen LogP contribution >= 0.6 is 0 Å². The van der Waals surface area contributed by atoms with Gasteiger partial charge in [-0.25, -0.2) is 19.6 Å². The first-order chi connectivity index (χ1) is 26.5. The topological polar surface area (TPSA) is 175 Å². The molecule has 4 atom stereocenters. The number of nitrogens with zero attached hydrogens (tertiary/aromatic N) is 4. The monoisotopic (exact) mass is 754 g/mol. The number of amides is 4. The molecule has 2 fully saturated rings. The van der Waals surface area contributed by atoms with Crippen LogP contribution in [0, 0.1) is 11.8 Å². The Bertz CT molecular complexity index is 1970. The van der Waals surface area contributed by atoms with Crippen LogP contribution in [0.15, 0.2) is 48.7 Å². The molecule has 0 unspecified atom stereocenters. The predicted molar refractivity (Wildman–Crippen MR) is 208 cm³/mol. The van der Waals surface area contributed by atoms with E-state index in [1.54, 1.807) is 0 Å². The molecule has 4 N–H and O–H groups in total. The van der Waals surface area contributed by atoms with Gasteiger partial charge in [0.1, 0.15) is 23.7 Å². The van der Waals surface area contributed by atoms with E-state index in [4.69, 9.17) is 14.5 Å². The van der Waals surface area contributed by atoms with E-state index in [9.17, 15) is 19.2 Å². The predicted octanol–water partition coefficient (Wildman–Crippen LogP) is 6.22. The van der Waals surface area contributed by atoms with Crippen molar-refractivity contribution in [3.63, 3.8) is 0 Å². The second-order valence-electron chi connectivity index (χ2n) is 15.3. The Hall–Kier alpha value is -5.40. The van der Waals surface area contributed by atoms with Crippen LogP contribution in [0.3, 0.4) is 0 Å². The van der Waals surface area contributed by atoms with Gasteiger partial charge in [0.05, 0.1) is 49.2 Å². The van der Waals surface area contributed by atoms with Gasteiger partial charge in [-0.15, -0.1) is 0 Å². The molecular weight excluding hydrogens is 701 g/mol. The summed E-state index contributed by atoms with van der Waals surface area (Å²) in [5.41, 5.74) is 6.19. The maximum Gasteiger partial charge on any atom is 0.407 e. The van der Waals surface area contributed by atoms with Gasteiger partial charge in [-0.05, 0) is 85.6 Å². The van der Waals surface area contributed by atoms with E-state index in [2.05, 4.69) is 62.0 Å². The van der Waals surface area contributed by atoms with Crippen molar-refractivity contribution in [1.82, 2.24) is 40.4 Å². The van der Waals surface area contributed by atoms with Crippen molar-refractivity contribution in [2.75, 3.05) is 27.3 Å². The molecule has 2 saturated heterocycles. The van der Waals surface area contributed by atoms with E-state index in [0.717, 1.165) is 78.9 Å². The first kappa shape index (κ1) is 39.3. The number of nitrogens with one attached hydrogen (secondary N) is 4. The van der Waals surface area contributed by atoms with Crippen molar-refractivity contribution in [1.29, 1.82) is 0 Å². The molecule has 0 spiro atoms. The summed E-state index contributed by atoms with van der Waals surface area (Å²) in [7, 11) is 2.59. The quantitative estimate of drug-likeness (QED) is 0.125. The van der Waals surface area contributed by atoms with E-state index in [-0.39, 0.29) is 35.7 Å². The number of benzene rings is 2. The summed E-state index contributed by atoms with van der Waals surface area (Å²) < 4.78 is 9.51. The van der Waals surface area contributed by atoms with Crippen LogP contribution < -0.4 is 10.6 Å². The number of carbonyl (C=O) groups is 4. The number of ether oxygens (including phenoxy) is 2. The first-order valence-corrected chi connectivity index (χ1v) is 19.4. The molecule has 6 rings (SSSR count). The van der Waals surface area contributed by atoms with E-state index in [1.807, 2.05) is 49.8 Å². The summed E-state index contributed by atoms with van der Waals surface area (Å²) in [4.78, 5) is 71.1. The van der Waals surface area contributed by atoms with Crippen LogP contribution in [0.25, 0.3) is 22.3 Å². The van der Waals surface area contributed by atoms with Gasteiger partial charge in [0.15, 0.2) is 0 Å². The SMILES string of the molecule is COC(=O)N[C@H](C(=O)N1CCC[C@H]1c1ncc(-c2ccc(CCCc3ccc4nc([C@@H]5CCCN5C(=O)[C@@H](NC(=O)OC)C(C)C)[nH]c4c3)cc2)[nH]1)C(C)C. The van der Waals surface area contributed by atoms with Gasteiger partial charge >= 0.3 is 12.2 Å². The molecule has 4 amide bonds. The Morgan fingerprint density at radius 3 is 1.87 bits per heavy atom. The Balaban J connectivity index is 1.04. The van der Waals surface area contributed by atoms with Gasteiger partial charge in [-0.2, -0.15) is 0 Å². The van der Waals surface area contributed by atoms with Crippen LogP contribution in [0.2, 0.25) is 0 Å². The fraction of sp³-hybridized carbons (Fsp3) is 0.512. The number of aryl methyl sites for hydroxylation is 2. The number of H-pyrrole nitrogens is 2. The smallest absolute Gasteiger partial charge is 0.407 e. The molecule has 294 valence electrons. The lowest BCUT2D eigenvalue weighted by molar-refractivity contribution is -0.136. The summed E-state index contributed by atoms with van der Waals surface area (Å²) in [6, 6.07) is 13.1. The molecule has 0 saturated carbocycles. The van der Waals surface area contributed by atoms with Crippen molar-refractivity contribution >= 4 is 35.0 Å². The summed E-state index contributed by atoms with van der Waals surface area (Å²) >= 11 is 0. The van der Waals surface area contributed by atoms with Crippen LogP contribution in [0.4, 0.5) is 9.59 Å². The van der Waals surface area contributed by atoms with E-state index in [1.165, 1.54) is 25.3 Å². The lowest BCUT2D eigenvalue weighted by atomic mass is 10.0. The number of fused-ring (bicyclic) bond motifs is 1. The third-order valence-corrected chi connectivity index (χ3v) is 10.8. The Morgan fingerprint density at radius 1 is 0.764 bits per heavy atom. The first-order valence-electron chi connectivity index (χ1n) is 19.4. The highest BCUT2D eigenvalue weighted by Gasteiger charge is 2.39. The van der Waals surface area contributed by atoms with Crippen molar-refractivity contribution in [3.05, 3.63) is 71.4 Å². The lowest BCUT2D eigenvalue weighted by Gasteiger charge is -2.30.